The number of rotatable bonds is 2. The fraction of sp³-hybridized carbons (Fsp3) is 1.00. The van der Waals surface area contributed by atoms with Gasteiger partial charge in [0.2, 0.25) is 0 Å². The minimum absolute atomic E-state index is 0.0498. The smallest absolute Gasteiger partial charge is 0.0922 e. The summed E-state index contributed by atoms with van der Waals surface area (Å²) in [5, 5.41) is 3.01. The van der Waals surface area contributed by atoms with Crippen molar-refractivity contribution in [1.29, 1.82) is 0 Å². The van der Waals surface area contributed by atoms with E-state index in [0.29, 0.717) is 5.92 Å². The van der Waals surface area contributed by atoms with E-state index < -0.39 is 0 Å². The van der Waals surface area contributed by atoms with Crippen molar-refractivity contribution in [1.82, 2.24) is 0 Å². The molecule has 3 unspecified atom stereocenters. The Morgan fingerprint density at radius 2 is 2.22 bits per heavy atom. The van der Waals surface area contributed by atoms with Crippen molar-refractivity contribution in [2.75, 3.05) is 0 Å². The maximum Gasteiger partial charge on any atom is 0.0922 e. The Labute approximate surface area is 55.6 Å². The summed E-state index contributed by atoms with van der Waals surface area (Å²) < 4.78 is 0. The van der Waals surface area contributed by atoms with Crippen LogP contribution in [0.2, 0.25) is 0 Å². The largest absolute Gasteiger partial charge is 0.151 e. The highest BCUT2D eigenvalue weighted by Gasteiger charge is 2.31. The van der Waals surface area contributed by atoms with Gasteiger partial charge in [-0.1, -0.05) is 18.5 Å². The van der Waals surface area contributed by atoms with Crippen LogP contribution in [-0.2, 0) is 0 Å². The topological polar surface area (TPSA) is 29.4 Å². The molecule has 1 aliphatic carbocycles. The van der Waals surface area contributed by atoms with Gasteiger partial charge in [-0.15, -0.1) is 0 Å². The van der Waals surface area contributed by atoms with Crippen molar-refractivity contribution in [3.05, 3.63) is 4.91 Å². The molecule has 1 fully saturated rings. The van der Waals surface area contributed by atoms with E-state index in [9.17, 15) is 4.91 Å². The Hall–Kier alpha value is -0.400. The number of hydrogen-bond acceptors (Lipinski definition) is 2. The van der Waals surface area contributed by atoms with Gasteiger partial charge in [-0.25, -0.2) is 0 Å². The van der Waals surface area contributed by atoms with Crippen LogP contribution >= 0.6 is 0 Å². The molecule has 0 bridgehead atoms. The fourth-order valence-electron chi connectivity index (χ4n) is 1.49. The van der Waals surface area contributed by atoms with Crippen LogP contribution in [0.25, 0.3) is 0 Å². The first-order valence-corrected chi connectivity index (χ1v) is 3.58. The van der Waals surface area contributed by atoms with Gasteiger partial charge in [0.25, 0.3) is 0 Å². The summed E-state index contributed by atoms with van der Waals surface area (Å²) >= 11 is 0. The molecule has 0 aliphatic heterocycles. The molecule has 9 heavy (non-hydrogen) atoms. The van der Waals surface area contributed by atoms with Crippen molar-refractivity contribution in [2.24, 2.45) is 17.0 Å². The van der Waals surface area contributed by atoms with Crippen LogP contribution in [0.1, 0.15) is 26.7 Å². The quantitative estimate of drug-likeness (QED) is 0.523. The third-order valence-corrected chi connectivity index (χ3v) is 2.47. The lowest BCUT2D eigenvalue weighted by Gasteiger charge is -2.35. The maximum absolute atomic E-state index is 10.0. The average molecular weight is 127 g/mol. The number of nitrogens with zero attached hydrogens (tertiary/aromatic N) is 1. The average Bonchev–Trinajstić information content (AvgIpc) is 1.84. The van der Waals surface area contributed by atoms with Gasteiger partial charge in [-0.2, -0.15) is 4.91 Å². The Bertz CT molecular complexity index is 113. The molecular weight excluding hydrogens is 114 g/mol. The third-order valence-electron chi connectivity index (χ3n) is 2.47. The standard InChI is InChI=1S/C7H13NO/c1-5-3-4-7(5)6(2)8-9/h5-7H,3-4H2,1-2H3. The van der Waals surface area contributed by atoms with E-state index in [1.54, 1.807) is 0 Å². The summed E-state index contributed by atoms with van der Waals surface area (Å²) in [6.07, 6.45) is 2.48. The van der Waals surface area contributed by atoms with Gasteiger partial charge in [0.05, 0.1) is 6.04 Å². The zero-order chi connectivity index (χ0) is 6.85. The van der Waals surface area contributed by atoms with E-state index in [4.69, 9.17) is 0 Å². The van der Waals surface area contributed by atoms with Crippen LogP contribution in [0, 0.1) is 16.7 Å². The highest BCUT2D eigenvalue weighted by molar-refractivity contribution is 4.84. The number of hydrogen-bond donors (Lipinski definition) is 0. The first kappa shape index (κ1) is 6.72. The maximum atomic E-state index is 10.0. The van der Waals surface area contributed by atoms with Gasteiger partial charge in [-0.05, 0) is 25.2 Å². The molecule has 52 valence electrons. The van der Waals surface area contributed by atoms with Crippen molar-refractivity contribution in [3.63, 3.8) is 0 Å². The molecular formula is C7H13NO. The second kappa shape index (κ2) is 2.46. The normalized spacial score (nSPS) is 37.1. The van der Waals surface area contributed by atoms with Gasteiger partial charge < -0.3 is 0 Å². The summed E-state index contributed by atoms with van der Waals surface area (Å²) in [4.78, 5) is 10.0. The van der Waals surface area contributed by atoms with Crippen LogP contribution in [0.4, 0.5) is 0 Å². The molecule has 0 N–H and O–H groups in total. The van der Waals surface area contributed by atoms with Crippen LogP contribution in [0.15, 0.2) is 5.18 Å². The molecule has 2 heteroatoms. The van der Waals surface area contributed by atoms with E-state index in [2.05, 4.69) is 12.1 Å². The summed E-state index contributed by atoms with van der Waals surface area (Å²) in [5.74, 6) is 1.32. The van der Waals surface area contributed by atoms with Gasteiger partial charge in [0.15, 0.2) is 0 Å². The predicted molar refractivity (Wildman–Crippen MR) is 37.1 cm³/mol. The summed E-state index contributed by atoms with van der Waals surface area (Å²) in [7, 11) is 0. The molecule has 3 atom stereocenters. The Morgan fingerprint density at radius 3 is 2.33 bits per heavy atom. The van der Waals surface area contributed by atoms with E-state index in [-0.39, 0.29) is 6.04 Å². The lowest BCUT2D eigenvalue weighted by atomic mass is 9.71. The molecule has 0 amide bonds. The molecule has 0 aromatic heterocycles. The van der Waals surface area contributed by atoms with Gasteiger partial charge >= 0.3 is 0 Å². The van der Waals surface area contributed by atoms with E-state index in [0.717, 1.165) is 5.92 Å². The second-order valence-electron chi connectivity index (χ2n) is 3.06. The molecule has 0 aromatic carbocycles. The van der Waals surface area contributed by atoms with E-state index >= 15 is 0 Å². The first-order valence-electron chi connectivity index (χ1n) is 3.58. The highest BCUT2D eigenvalue weighted by atomic mass is 16.3. The van der Waals surface area contributed by atoms with Gasteiger partial charge in [0.1, 0.15) is 0 Å². The lowest BCUT2D eigenvalue weighted by molar-refractivity contribution is 0.168. The summed E-state index contributed by atoms with van der Waals surface area (Å²) in [6, 6.07) is 0.0498. The molecule has 0 heterocycles. The molecule has 1 aliphatic rings. The Balaban J connectivity index is 2.34. The first-order chi connectivity index (χ1) is 4.25. The zero-order valence-electron chi connectivity index (χ0n) is 6.00. The van der Waals surface area contributed by atoms with Gasteiger partial charge in [-0.3, -0.25) is 0 Å². The number of nitroso groups, excluding NO2 is 1. The molecule has 0 aromatic rings. The van der Waals surface area contributed by atoms with Crippen molar-refractivity contribution >= 4 is 0 Å². The fourth-order valence-corrected chi connectivity index (χ4v) is 1.49. The minimum atomic E-state index is 0.0498. The Kier molecular flexibility index (Phi) is 1.84. The third kappa shape index (κ3) is 1.12. The van der Waals surface area contributed by atoms with Crippen LogP contribution < -0.4 is 0 Å². The van der Waals surface area contributed by atoms with E-state index in [1.807, 2.05) is 6.92 Å². The molecule has 0 saturated heterocycles. The van der Waals surface area contributed by atoms with Crippen LogP contribution in [-0.4, -0.2) is 6.04 Å². The van der Waals surface area contributed by atoms with Crippen LogP contribution in [0.5, 0.6) is 0 Å². The minimum Gasteiger partial charge on any atom is -0.151 e. The molecule has 0 spiro atoms. The van der Waals surface area contributed by atoms with Crippen molar-refractivity contribution in [3.8, 4) is 0 Å². The van der Waals surface area contributed by atoms with Crippen molar-refractivity contribution in [2.45, 2.75) is 32.7 Å². The zero-order valence-corrected chi connectivity index (χ0v) is 6.00. The van der Waals surface area contributed by atoms with Crippen LogP contribution in [0.3, 0.4) is 0 Å². The highest BCUT2D eigenvalue weighted by Crippen LogP contribution is 2.37. The Morgan fingerprint density at radius 1 is 1.56 bits per heavy atom. The second-order valence-corrected chi connectivity index (χ2v) is 3.06. The summed E-state index contributed by atoms with van der Waals surface area (Å²) in [6.45, 7) is 4.10. The van der Waals surface area contributed by atoms with Crippen molar-refractivity contribution < 1.29 is 0 Å². The molecule has 0 radical (unpaired) electrons. The van der Waals surface area contributed by atoms with Gasteiger partial charge in [0, 0.05) is 0 Å². The summed E-state index contributed by atoms with van der Waals surface area (Å²) in [5.41, 5.74) is 0. The lowest BCUT2D eigenvalue weighted by Crippen LogP contribution is -2.31. The molecule has 2 nitrogen and oxygen atoms in total. The predicted octanol–water partition coefficient (Wildman–Crippen LogP) is 2.19. The SMILES string of the molecule is CC1CCC1C(C)N=O. The van der Waals surface area contributed by atoms with E-state index in [1.165, 1.54) is 12.8 Å². The molecule has 1 rings (SSSR count). The molecule has 1 saturated carbocycles. The monoisotopic (exact) mass is 127 g/mol.